The third-order valence-electron chi connectivity index (χ3n) is 5.02. The first-order chi connectivity index (χ1) is 13.7. The minimum atomic E-state index is -4.79. The summed E-state index contributed by atoms with van der Waals surface area (Å²) in [6, 6.07) is 0. The number of alkyl halides is 3. The van der Waals surface area contributed by atoms with Crippen molar-refractivity contribution in [2.75, 3.05) is 6.61 Å². The average Bonchev–Trinajstić information content (AvgIpc) is 3.19. The second-order valence-corrected chi connectivity index (χ2v) is 7.70. The van der Waals surface area contributed by atoms with Crippen molar-refractivity contribution in [3.8, 4) is 0 Å². The summed E-state index contributed by atoms with van der Waals surface area (Å²) in [5.74, 6) is -9.95. The quantitative estimate of drug-likeness (QED) is 0.293. The van der Waals surface area contributed by atoms with Crippen LogP contribution < -0.4 is 0 Å². The van der Waals surface area contributed by atoms with E-state index in [9.17, 15) is 35.5 Å². The fourth-order valence-corrected chi connectivity index (χ4v) is 3.24. The molecule has 3 nitrogen and oxygen atoms in total. The van der Waals surface area contributed by atoms with Gasteiger partial charge in [0.1, 0.15) is 11.6 Å². The van der Waals surface area contributed by atoms with Crippen LogP contribution >= 0.6 is 11.6 Å². The zero-order valence-electron chi connectivity index (χ0n) is 16.1. The number of benzene rings is 1. The largest absolute Gasteiger partial charge is 0.460 e. The van der Waals surface area contributed by atoms with Crippen molar-refractivity contribution in [1.29, 1.82) is 0 Å². The van der Waals surface area contributed by atoms with E-state index in [1.165, 1.54) is 20.8 Å². The lowest BCUT2D eigenvalue weighted by molar-refractivity contribution is -0.147. The van der Waals surface area contributed by atoms with E-state index in [0.29, 0.717) is 6.08 Å². The Balaban J connectivity index is 2.17. The van der Waals surface area contributed by atoms with Crippen LogP contribution in [0.1, 0.15) is 31.9 Å². The summed E-state index contributed by atoms with van der Waals surface area (Å²) < 4.78 is 104. The zero-order chi connectivity index (χ0) is 23.0. The van der Waals surface area contributed by atoms with Crippen LogP contribution in [0.25, 0.3) is 0 Å². The van der Waals surface area contributed by atoms with Crippen molar-refractivity contribution >= 4 is 17.6 Å². The molecule has 0 bridgehead atoms. The van der Waals surface area contributed by atoms with E-state index in [0.717, 1.165) is 0 Å². The van der Waals surface area contributed by atoms with Gasteiger partial charge in [0.25, 0.3) is 0 Å². The topological polar surface area (TPSA) is 35.5 Å². The van der Waals surface area contributed by atoms with E-state index in [1.54, 1.807) is 0 Å². The standard InChI is InChI=1S/C19H18ClF7O3/c1-4-29-6-8-13(21)15(23)9(16(24)14(8)22)7-30-17(28)12-10(18(12,2)3)5-11(20)19(25,26)27/h5,10,12H,4,6-7H2,1-3H3/t10-,12-/m0/s1. The SMILES string of the molecule is CCOCc1c(F)c(F)c(COC(=O)[C@@H]2[C@H](C=C(Cl)C(F)(F)F)C2(C)C)c(F)c1F. The molecule has 30 heavy (non-hydrogen) atoms. The molecule has 0 amide bonds. The zero-order valence-corrected chi connectivity index (χ0v) is 16.9. The maximum Gasteiger partial charge on any atom is 0.426 e. The van der Waals surface area contributed by atoms with Gasteiger partial charge in [0, 0.05) is 6.61 Å². The molecule has 2 rings (SSSR count). The van der Waals surface area contributed by atoms with Crippen LogP contribution in [0.3, 0.4) is 0 Å². The number of carbonyl (C=O) groups excluding carboxylic acids is 1. The van der Waals surface area contributed by atoms with Crippen LogP contribution in [0.2, 0.25) is 0 Å². The molecule has 0 aromatic heterocycles. The first kappa shape index (κ1) is 24.5. The molecule has 0 N–H and O–H groups in total. The number of hydrogen-bond acceptors (Lipinski definition) is 3. The van der Waals surface area contributed by atoms with Gasteiger partial charge in [-0.05, 0) is 18.3 Å². The van der Waals surface area contributed by atoms with Gasteiger partial charge in [-0.25, -0.2) is 17.6 Å². The first-order valence-corrected chi connectivity index (χ1v) is 9.15. The fraction of sp³-hybridized carbons (Fsp3) is 0.526. The fourth-order valence-electron chi connectivity index (χ4n) is 3.10. The molecular formula is C19H18ClF7O3. The van der Waals surface area contributed by atoms with Crippen LogP contribution in [0.15, 0.2) is 11.1 Å². The number of allylic oxidation sites excluding steroid dienone is 2. The summed E-state index contributed by atoms with van der Waals surface area (Å²) >= 11 is 5.18. The maximum atomic E-state index is 14.1. The summed E-state index contributed by atoms with van der Waals surface area (Å²) in [5, 5.41) is -1.41. The van der Waals surface area contributed by atoms with Gasteiger partial charge >= 0.3 is 12.1 Å². The monoisotopic (exact) mass is 462 g/mol. The molecule has 1 fully saturated rings. The van der Waals surface area contributed by atoms with E-state index < -0.39 is 82.0 Å². The van der Waals surface area contributed by atoms with E-state index in [4.69, 9.17) is 21.1 Å². The van der Waals surface area contributed by atoms with E-state index in [-0.39, 0.29) is 6.61 Å². The number of halogens is 8. The molecule has 1 aliphatic carbocycles. The Labute approximate surface area is 172 Å². The second-order valence-electron chi connectivity index (χ2n) is 7.30. The minimum Gasteiger partial charge on any atom is -0.460 e. The summed E-state index contributed by atoms with van der Waals surface area (Å²) in [6.45, 7) is 2.67. The third kappa shape index (κ3) is 4.74. The van der Waals surface area contributed by atoms with Crippen molar-refractivity contribution in [1.82, 2.24) is 0 Å². The Hall–Kier alpha value is -1.81. The Morgan fingerprint density at radius 2 is 1.50 bits per heavy atom. The lowest BCUT2D eigenvalue weighted by Crippen LogP contribution is -2.15. The van der Waals surface area contributed by atoms with Gasteiger partial charge in [0.2, 0.25) is 0 Å². The van der Waals surface area contributed by atoms with E-state index in [1.807, 2.05) is 0 Å². The van der Waals surface area contributed by atoms with Gasteiger partial charge in [0.05, 0.1) is 23.7 Å². The summed E-state index contributed by atoms with van der Waals surface area (Å²) in [4.78, 5) is 12.2. The summed E-state index contributed by atoms with van der Waals surface area (Å²) in [7, 11) is 0. The molecular weight excluding hydrogens is 445 g/mol. The number of esters is 1. The summed E-state index contributed by atoms with van der Waals surface area (Å²) in [6.07, 6.45) is -4.13. The highest BCUT2D eigenvalue weighted by Gasteiger charge is 2.62. The first-order valence-electron chi connectivity index (χ1n) is 8.77. The van der Waals surface area contributed by atoms with Gasteiger partial charge in [-0.3, -0.25) is 4.79 Å². The third-order valence-corrected chi connectivity index (χ3v) is 5.36. The number of rotatable bonds is 7. The van der Waals surface area contributed by atoms with Gasteiger partial charge in [0.15, 0.2) is 23.3 Å². The van der Waals surface area contributed by atoms with Gasteiger partial charge < -0.3 is 9.47 Å². The number of hydrogen-bond donors (Lipinski definition) is 0. The molecule has 1 saturated carbocycles. The van der Waals surface area contributed by atoms with Crippen molar-refractivity contribution in [2.24, 2.45) is 17.3 Å². The molecule has 0 saturated heterocycles. The van der Waals surface area contributed by atoms with Crippen molar-refractivity contribution < 1.29 is 45.0 Å². The lowest BCUT2D eigenvalue weighted by atomic mass is 10.1. The second kappa shape index (κ2) is 8.74. The van der Waals surface area contributed by atoms with Crippen molar-refractivity contribution in [3.63, 3.8) is 0 Å². The predicted octanol–water partition coefficient (Wildman–Crippen LogP) is 5.78. The van der Waals surface area contributed by atoms with Crippen molar-refractivity contribution in [3.05, 3.63) is 45.5 Å². The highest BCUT2D eigenvalue weighted by atomic mass is 35.5. The van der Waals surface area contributed by atoms with Gasteiger partial charge in [-0.15, -0.1) is 0 Å². The highest BCUT2D eigenvalue weighted by molar-refractivity contribution is 6.30. The molecule has 0 radical (unpaired) electrons. The average molecular weight is 463 g/mol. The molecule has 0 aliphatic heterocycles. The summed E-state index contributed by atoms with van der Waals surface area (Å²) in [5.41, 5.74) is -3.06. The highest BCUT2D eigenvalue weighted by Crippen LogP contribution is 2.60. The van der Waals surface area contributed by atoms with Crippen LogP contribution in [-0.2, 0) is 27.5 Å². The predicted molar refractivity (Wildman–Crippen MR) is 92.2 cm³/mol. The maximum absolute atomic E-state index is 14.1. The molecule has 0 heterocycles. The van der Waals surface area contributed by atoms with Crippen molar-refractivity contribution in [2.45, 2.75) is 40.2 Å². The Morgan fingerprint density at radius 1 is 1.03 bits per heavy atom. The Bertz CT molecular complexity index is 836. The number of ether oxygens (including phenoxy) is 2. The molecule has 168 valence electrons. The van der Waals surface area contributed by atoms with E-state index >= 15 is 0 Å². The Morgan fingerprint density at radius 3 is 1.93 bits per heavy atom. The lowest BCUT2D eigenvalue weighted by Gasteiger charge is -2.12. The minimum absolute atomic E-state index is 0.0482. The van der Waals surface area contributed by atoms with Gasteiger partial charge in [-0.2, -0.15) is 13.2 Å². The van der Waals surface area contributed by atoms with E-state index in [2.05, 4.69) is 0 Å². The Kier molecular flexibility index (Phi) is 7.13. The molecule has 0 spiro atoms. The number of carbonyl (C=O) groups is 1. The molecule has 2 atom stereocenters. The van der Waals surface area contributed by atoms with Crippen LogP contribution in [0.4, 0.5) is 30.7 Å². The molecule has 1 aliphatic rings. The van der Waals surface area contributed by atoms with Crippen LogP contribution in [0.5, 0.6) is 0 Å². The van der Waals surface area contributed by atoms with Crippen LogP contribution in [-0.4, -0.2) is 18.8 Å². The molecule has 0 unspecified atom stereocenters. The molecule has 1 aromatic rings. The molecule has 1 aromatic carbocycles. The molecule has 11 heteroatoms. The van der Waals surface area contributed by atoms with Crippen LogP contribution in [0, 0.1) is 40.5 Å². The van der Waals surface area contributed by atoms with Gasteiger partial charge in [-0.1, -0.05) is 31.5 Å². The smallest absolute Gasteiger partial charge is 0.426 e. The normalized spacial score (nSPS) is 21.0.